The first-order valence-corrected chi connectivity index (χ1v) is 7.47. The Balaban J connectivity index is 2.03. The molecule has 0 bridgehead atoms. The van der Waals surface area contributed by atoms with Gasteiger partial charge in [-0.1, -0.05) is 19.1 Å². The number of nitrogens with one attached hydrogen (secondary N) is 1. The average molecular weight is 264 g/mol. The molecule has 2 rings (SSSR count). The van der Waals surface area contributed by atoms with E-state index in [0.717, 1.165) is 17.3 Å². The van der Waals surface area contributed by atoms with E-state index >= 15 is 0 Å². The molecular weight excluding hydrogens is 248 g/mol. The largest absolute Gasteiger partial charge is 0.379 e. The van der Waals surface area contributed by atoms with Gasteiger partial charge in [-0.3, -0.25) is 0 Å². The first-order valence-electron chi connectivity index (χ1n) is 5.66. The van der Waals surface area contributed by atoms with Gasteiger partial charge < -0.3 is 5.32 Å². The normalized spacial score (nSPS) is 10.5. The number of aromatic nitrogens is 1. The van der Waals surface area contributed by atoms with Crippen LogP contribution in [0, 0.1) is 6.92 Å². The third kappa shape index (κ3) is 3.48. The molecule has 0 radical (unpaired) electrons. The summed E-state index contributed by atoms with van der Waals surface area (Å²) in [5.74, 6) is 1.10. The van der Waals surface area contributed by atoms with Gasteiger partial charge in [0.05, 0.1) is 11.6 Å². The number of nitrogens with zero attached hydrogens (tertiary/aromatic N) is 1. The predicted molar refractivity (Wildman–Crippen MR) is 77.0 cm³/mol. The average Bonchev–Trinajstić information content (AvgIpc) is 2.74. The van der Waals surface area contributed by atoms with Gasteiger partial charge in [0.2, 0.25) is 0 Å². The van der Waals surface area contributed by atoms with E-state index in [2.05, 4.69) is 41.5 Å². The quantitative estimate of drug-likeness (QED) is 0.820. The number of para-hydroxylation sites is 1. The molecule has 1 aromatic carbocycles. The predicted octanol–water partition coefficient (Wildman–Crippen LogP) is 4.18. The number of thioether (sulfide) groups is 1. The molecule has 0 amide bonds. The van der Waals surface area contributed by atoms with Crippen LogP contribution in [0.4, 0.5) is 5.69 Å². The van der Waals surface area contributed by atoms with Gasteiger partial charge in [0.25, 0.3) is 0 Å². The first-order chi connectivity index (χ1) is 8.29. The summed E-state index contributed by atoms with van der Waals surface area (Å²) in [6.45, 7) is 5.07. The molecule has 17 heavy (non-hydrogen) atoms. The molecule has 2 aromatic rings. The number of thiazole rings is 1. The number of aryl methyl sites for hydroxylation is 1. The summed E-state index contributed by atoms with van der Waals surface area (Å²) in [6.07, 6.45) is 1.95. The van der Waals surface area contributed by atoms with Gasteiger partial charge in [0.1, 0.15) is 0 Å². The summed E-state index contributed by atoms with van der Waals surface area (Å²) in [5.41, 5.74) is 1.21. The molecule has 1 aromatic heterocycles. The van der Waals surface area contributed by atoms with Gasteiger partial charge in [-0.15, -0.1) is 23.1 Å². The van der Waals surface area contributed by atoms with Crippen LogP contribution < -0.4 is 5.32 Å². The van der Waals surface area contributed by atoms with E-state index in [9.17, 15) is 0 Å². The van der Waals surface area contributed by atoms with E-state index in [0.29, 0.717) is 0 Å². The fourth-order valence-electron chi connectivity index (χ4n) is 1.56. The molecule has 0 unspecified atom stereocenters. The second kappa shape index (κ2) is 6.07. The molecule has 0 saturated heterocycles. The first kappa shape index (κ1) is 12.5. The Kier molecular flexibility index (Phi) is 4.45. The smallest absolute Gasteiger partial charge is 0.0897 e. The van der Waals surface area contributed by atoms with Gasteiger partial charge in [-0.2, -0.15) is 0 Å². The summed E-state index contributed by atoms with van der Waals surface area (Å²) in [4.78, 5) is 6.85. The maximum Gasteiger partial charge on any atom is 0.0897 e. The summed E-state index contributed by atoms with van der Waals surface area (Å²) in [5, 5.41) is 4.60. The summed E-state index contributed by atoms with van der Waals surface area (Å²) < 4.78 is 0. The van der Waals surface area contributed by atoms with E-state index in [1.165, 1.54) is 15.5 Å². The second-order valence-corrected chi connectivity index (χ2v) is 6.25. The van der Waals surface area contributed by atoms with Gasteiger partial charge in [-0.05, 0) is 24.8 Å². The minimum atomic E-state index is 0.854. The fourth-order valence-corrected chi connectivity index (χ4v) is 3.08. The molecule has 0 aliphatic heterocycles. The van der Waals surface area contributed by atoms with Crippen molar-refractivity contribution in [2.24, 2.45) is 0 Å². The lowest BCUT2D eigenvalue weighted by molar-refractivity contribution is 1.15. The Labute approximate surface area is 110 Å². The van der Waals surface area contributed by atoms with Crippen molar-refractivity contribution in [1.29, 1.82) is 0 Å². The fraction of sp³-hybridized carbons (Fsp3) is 0.308. The zero-order valence-electron chi connectivity index (χ0n) is 10.1. The van der Waals surface area contributed by atoms with Crippen molar-refractivity contribution in [1.82, 2.24) is 4.98 Å². The van der Waals surface area contributed by atoms with Gasteiger partial charge in [0.15, 0.2) is 0 Å². The van der Waals surface area contributed by atoms with Crippen molar-refractivity contribution < 1.29 is 0 Å². The number of anilines is 1. The number of hydrogen-bond donors (Lipinski definition) is 1. The second-order valence-electron chi connectivity index (χ2n) is 3.63. The monoisotopic (exact) mass is 264 g/mol. The SMILES string of the molecule is CCSc1ccccc1NCc1cnc(C)s1. The third-order valence-corrected chi connectivity index (χ3v) is 4.18. The van der Waals surface area contributed by atoms with E-state index in [-0.39, 0.29) is 0 Å². The van der Waals surface area contributed by atoms with E-state index in [1.54, 1.807) is 11.3 Å². The van der Waals surface area contributed by atoms with Crippen LogP contribution in [0.15, 0.2) is 35.4 Å². The van der Waals surface area contributed by atoms with Crippen LogP contribution in [0.3, 0.4) is 0 Å². The molecule has 0 atom stereocenters. The van der Waals surface area contributed by atoms with Gasteiger partial charge in [0, 0.05) is 21.7 Å². The lowest BCUT2D eigenvalue weighted by Gasteiger charge is -2.09. The highest BCUT2D eigenvalue weighted by molar-refractivity contribution is 7.99. The maximum atomic E-state index is 4.26. The zero-order valence-corrected chi connectivity index (χ0v) is 11.7. The van der Waals surface area contributed by atoms with E-state index < -0.39 is 0 Å². The zero-order chi connectivity index (χ0) is 12.1. The Morgan fingerprint density at radius 1 is 1.35 bits per heavy atom. The third-order valence-electron chi connectivity index (χ3n) is 2.31. The van der Waals surface area contributed by atoms with Crippen LogP contribution in [0.2, 0.25) is 0 Å². The van der Waals surface area contributed by atoms with Crippen LogP contribution >= 0.6 is 23.1 Å². The van der Waals surface area contributed by atoms with Gasteiger partial charge in [-0.25, -0.2) is 4.98 Å². The Bertz CT molecular complexity index is 480. The molecule has 90 valence electrons. The maximum absolute atomic E-state index is 4.26. The van der Waals surface area contributed by atoms with Crippen LogP contribution in [-0.4, -0.2) is 10.7 Å². The van der Waals surface area contributed by atoms with Crippen molar-refractivity contribution in [2.45, 2.75) is 25.3 Å². The van der Waals surface area contributed by atoms with Crippen molar-refractivity contribution in [3.63, 3.8) is 0 Å². The topological polar surface area (TPSA) is 24.9 Å². The summed E-state index contributed by atoms with van der Waals surface area (Å²) in [6, 6.07) is 8.44. The molecule has 2 nitrogen and oxygen atoms in total. The Hall–Kier alpha value is -1.00. The van der Waals surface area contributed by atoms with Crippen LogP contribution in [0.5, 0.6) is 0 Å². The molecule has 0 aliphatic carbocycles. The van der Waals surface area contributed by atoms with Crippen molar-refractivity contribution in [2.75, 3.05) is 11.1 Å². The Morgan fingerprint density at radius 3 is 2.88 bits per heavy atom. The standard InChI is InChI=1S/C13H16N2S2/c1-3-16-13-7-5-4-6-12(13)15-9-11-8-14-10(2)17-11/h4-8,15H,3,9H2,1-2H3. The van der Waals surface area contributed by atoms with Crippen LogP contribution in [0.1, 0.15) is 16.8 Å². The Morgan fingerprint density at radius 2 is 2.18 bits per heavy atom. The lowest BCUT2D eigenvalue weighted by atomic mass is 10.3. The molecule has 0 spiro atoms. The number of rotatable bonds is 5. The molecule has 1 N–H and O–H groups in total. The number of hydrogen-bond acceptors (Lipinski definition) is 4. The minimum Gasteiger partial charge on any atom is -0.379 e. The number of benzene rings is 1. The molecule has 1 heterocycles. The van der Waals surface area contributed by atoms with E-state index in [4.69, 9.17) is 0 Å². The summed E-state index contributed by atoms with van der Waals surface area (Å²) >= 11 is 3.61. The highest BCUT2D eigenvalue weighted by Gasteiger charge is 2.02. The van der Waals surface area contributed by atoms with E-state index in [1.807, 2.05) is 24.9 Å². The highest BCUT2D eigenvalue weighted by atomic mass is 32.2. The molecule has 4 heteroatoms. The highest BCUT2D eigenvalue weighted by Crippen LogP contribution is 2.27. The van der Waals surface area contributed by atoms with Gasteiger partial charge >= 0.3 is 0 Å². The van der Waals surface area contributed by atoms with Crippen molar-refractivity contribution in [3.8, 4) is 0 Å². The molecule has 0 saturated carbocycles. The molecule has 0 aliphatic rings. The van der Waals surface area contributed by atoms with Crippen molar-refractivity contribution in [3.05, 3.63) is 40.3 Å². The molecular formula is C13H16N2S2. The lowest BCUT2D eigenvalue weighted by Crippen LogP contribution is -1.98. The van der Waals surface area contributed by atoms with Crippen molar-refractivity contribution >= 4 is 28.8 Å². The minimum absolute atomic E-state index is 0.854. The van der Waals surface area contributed by atoms with Crippen LogP contribution in [0.25, 0.3) is 0 Å². The summed E-state index contributed by atoms with van der Waals surface area (Å²) in [7, 11) is 0. The molecule has 0 fully saturated rings. The van der Waals surface area contributed by atoms with Crippen LogP contribution in [-0.2, 0) is 6.54 Å².